The molecule has 0 bridgehead atoms. The van der Waals surface area contributed by atoms with Crippen LogP contribution in [0.3, 0.4) is 0 Å². The third-order valence-corrected chi connectivity index (χ3v) is 10.6. The molecule has 0 radical (unpaired) electrons. The normalized spacial score (nSPS) is 18.5. The SMILES string of the molecule is CCc1nn2ccc(N3CCC4(CC3)CC(C(=O)N3CC(O)C3)C4)cc2c1N(C)c1nc(-c2ccc(F)cc2)c(C#N)s1. The number of amides is 1. The zero-order valence-corrected chi connectivity index (χ0v) is 25.1. The summed E-state index contributed by atoms with van der Waals surface area (Å²) in [5, 5.41) is 24.9. The van der Waals surface area contributed by atoms with Crippen molar-refractivity contribution >= 4 is 39.3 Å². The molecule has 2 saturated heterocycles. The molecule has 1 aliphatic carbocycles. The van der Waals surface area contributed by atoms with Crippen molar-refractivity contribution in [1.29, 1.82) is 5.26 Å². The van der Waals surface area contributed by atoms with Gasteiger partial charge in [-0.2, -0.15) is 10.4 Å². The third-order valence-electron chi connectivity index (χ3n) is 9.53. The number of hydrogen-bond acceptors (Lipinski definition) is 8. The van der Waals surface area contributed by atoms with E-state index in [-0.39, 0.29) is 29.2 Å². The minimum Gasteiger partial charge on any atom is -0.389 e. The number of β-amino-alcohol motifs (C(OH)–C–C–N with tert-alkyl or cyclic N) is 1. The number of rotatable bonds is 6. The monoisotopic (exact) mass is 599 g/mol. The molecule has 5 heterocycles. The van der Waals surface area contributed by atoms with Gasteiger partial charge in [-0.3, -0.25) is 4.79 Å². The van der Waals surface area contributed by atoms with Crippen LogP contribution in [0.4, 0.5) is 20.9 Å². The van der Waals surface area contributed by atoms with Crippen LogP contribution in [-0.2, 0) is 11.2 Å². The van der Waals surface area contributed by atoms with Gasteiger partial charge in [0.1, 0.15) is 22.5 Å². The molecule has 0 unspecified atom stereocenters. The Morgan fingerprint density at radius 1 is 1.21 bits per heavy atom. The predicted molar refractivity (Wildman–Crippen MR) is 164 cm³/mol. The maximum atomic E-state index is 13.5. The molecule has 2 aliphatic heterocycles. The highest BCUT2D eigenvalue weighted by molar-refractivity contribution is 7.16. The van der Waals surface area contributed by atoms with Crippen LogP contribution in [0, 0.1) is 28.5 Å². The van der Waals surface area contributed by atoms with Gasteiger partial charge in [0.05, 0.1) is 23.0 Å². The quantitative estimate of drug-likeness (QED) is 0.333. The van der Waals surface area contributed by atoms with Crippen LogP contribution in [0.15, 0.2) is 42.6 Å². The standard InChI is InChI=1S/C32H34FN7O2S/c1-3-25-29(37(2)31-35-28(27(17-34)43-31)20-4-6-22(33)7-5-20)26-14-23(8-11-40(26)36-25)38-12-9-32(10-13-38)15-21(16-32)30(42)39-18-24(41)19-39/h4-8,11,14,21,24,41H,3,9-10,12-13,15-16,18-19H2,1-2H3. The molecule has 3 aromatic heterocycles. The highest BCUT2D eigenvalue weighted by Crippen LogP contribution is 2.53. The molecule has 3 aliphatic rings. The van der Waals surface area contributed by atoms with Gasteiger partial charge in [-0.1, -0.05) is 18.3 Å². The van der Waals surface area contributed by atoms with Crippen molar-refractivity contribution in [1.82, 2.24) is 19.5 Å². The van der Waals surface area contributed by atoms with Crippen molar-refractivity contribution in [3.63, 3.8) is 0 Å². The van der Waals surface area contributed by atoms with E-state index in [0.717, 1.165) is 67.8 Å². The number of anilines is 3. The average Bonchev–Trinajstić information content (AvgIpc) is 3.59. The van der Waals surface area contributed by atoms with Crippen molar-refractivity contribution in [2.24, 2.45) is 11.3 Å². The number of aliphatic hydroxyl groups is 1. The minimum absolute atomic E-state index is 0.115. The summed E-state index contributed by atoms with van der Waals surface area (Å²) in [6.07, 6.45) is 6.46. The summed E-state index contributed by atoms with van der Waals surface area (Å²) in [6.45, 7) is 4.94. The number of aromatic nitrogens is 3. The minimum atomic E-state index is -0.349. The van der Waals surface area contributed by atoms with Gasteiger partial charge in [0.25, 0.3) is 0 Å². The van der Waals surface area contributed by atoms with Crippen molar-refractivity contribution in [3.8, 4) is 17.3 Å². The van der Waals surface area contributed by atoms with E-state index in [1.165, 1.54) is 23.5 Å². The smallest absolute Gasteiger partial charge is 0.225 e. The number of aryl methyl sites for hydroxylation is 1. The lowest BCUT2D eigenvalue weighted by molar-refractivity contribution is -0.154. The number of aliphatic hydroxyl groups excluding tert-OH is 1. The average molecular weight is 600 g/mol. The number of pyridine rings is 1. The van der Waals surface area contributed by atoms with Gasteiger partial charge in [-0.15, -0.1) is 0 Å². The van der Waals surface area contributed by atoms with E-state index in [4.69, 9.17) is 10.1 Å². The Bertz CT molecular complexity index is 1720. The Kier molecular flexibility index (Phi) is 6.86. The van der Waals surface area contributed by atoms with Gasteiger partial charge >= 0.3 is 0 Å². The van der Waals surface area contributed by atoms with Gasteiger partial charge < -0.3 is 19.8 Å². The first-order valence-electron chi connectivity index (χ1n) is 14.9. The molecule has 9 nitrogen and oxygen atoms in total. The first kappa shape index (κ1) is 27.8. The number of fused-ring (bicyclic) bond motifs is 1. The molecule has 3 fully saturated rings. The summed E-state index contributed by atoms with van der Waals surface area (Å²) in [4.78, 5) is 24.2. The molecule has 1 spiro atoms. The summed E-state index contributed by atoms with van der Waals surface area (Å²) in [6, 6.07) is 12.6. The summed E-state index contributed by atoms with van der Waals surface area (Å²) >= 11 is 1.32. The second-order valence-electron chi connectivity index (χ2n) is 12.2. The highest BCUT2D eigenvalue weighted by Gasteiger charge is 2.50. The summed E-state index contributed by atoms with van der Waals surface area (Å²) < 4.78 is 15.4. The van der Waals surface area contributed by atoms with Crippen molar-refractivity contribution in [3.05, 3.63) is 59.0 Å². The van der Waals surface area contributed by atoms with E-state index in [1.807, 2.05) is 22.7 Å². The van der Waals surface area contributed by atoms with Gasteiger partial charge in [-0.25, -0.2) is 13.9 Å². The van der Waals surface area contributed by atoms with E-state index in [2.05, 4.69) is 30.0 Å². The van der Waals surface area contributed by atoms with Crippen molar-refractivity contribution < 1.29 is 14.3 Å². The van der Waals surface area contributed by atoms with Crippen LogP contribution in [0.5, 0.6) is 0 Å². The number of likely N-dealkylation sites (tertiary alicyclic amines) is 1. The lowest BCUT2D eigenvalue weighted by Gasteiger charge is -2.53. The molecule has 43 heavy (non-hydrogen) atoms. The summed E-state index contributed by atoms with van der Waals surface area (Å²) in [5.41, 5.74) is 5.52. The van der Waals surface area contributed by atoms with Gasteiger partial charge in [0, 0.05) is 56.6 Å². The van der Waals surface area contributed by atoms with E-state index in [9.17, 15) is 19.6 Å². The molecule has 1 N–H and O–H groups in total. The molecule has 222 valence electrons. The zero-order valence-electron chi connectivity index (χ0n) is 24.3. The Balaban J connectivity index is 1.11. The van der Waals surface area contributed by atoms with Crippen LogP contribution in [0.25, 0.3) is 16.8 Å². The molecular weight excluding hydrogens is 565 g/mol. The van der Waals surface area contributed by atoms with E-state index in [0.29, 0.717) is 34.4 Å². The molecule has 0 atom stereocenters. The van der Waals surface area contributed by atoms with Gasteiger partial charge in [0.15, 0.2) is 5.13 Å². The molecular formula is C32H34FN7O2S. The number of nitrogens with zero attached hydrogens (tertiary/aromatic N) is 7. The lowest BCUT2D eigenvalue weighted by atomic mass is 9.57. The molecule has 4 aromatic rings. The maximum absolute atomic E-state index is 13.5. The fourth-order valence-corrected chi connectivity index (χ4v) is 7.85. The van der Waals surface area contributed by atoms with Crippen molar-refractivity contribution in [2.75, 3.05) is 43.0 Å². The Hall–Kier alpha value is -4.01. The van der Waals surface area contributed by atoms with Crippen LogP contribution in [0.2, 0.25) is 0 Å². The number of piperidine rings is 1. The number of carbonyl (C=O) groups excluding carboxylic acids is 1. The van der Waals surface area contributed by atoms with Crippen LogP contribution < -0.4 is 9.80 Å². The third kappa shape index (κ3) is 4.82. The molecule has 11 heteroatoms. The largest absolute Gasteiger partial charge is 0.389 e. The van der Waals surface area contributed by atoms with Crippen LogP contribution >= 0.6 is 11.3 Å². The molecule has 1 amide bonds. The van der Waals surface area contributed by atoms with E-state index < -0.39 is 0 Å². The second kappa shape index (κ2) is 10.6. The summed E-state index contributed by atoms with van der Waals surface area (Å²) in [5.74, 6) is 0.00710. The van der Waals surface area contributed by atoms with Crippen LogP contribution in [0.1, 0.15) is 43.2 Å². The zero-order chi connectivity index (χ0) is 29.9. The Labute approximate surface area is 253 Å². The topological polar surface area (TPSA) is 101 Å². The number of benzene rings is 1. The van der Waals surface area contributed by atoms with E-state index >= 15 is 0 Å². The number of nitriles is 1. The van der Waals surface area contributed by atoms with Gasteiger partial charge in [0.2, 0.25) is 5.91 Å². The number of hydrogen-bond donors (Lipinski definition) is 1. The molecule has 7 rings (SSSR count). The number of thiazole rings is 1. The fraction of sp³-hybridized carbons (Fsp3) is 0.438. The Morgan fingerprint density at radius 3 is 2.58 bits per heavy atom. The van der Waals surface area contributed by atoms with Crippen molar-refractivity contribution in [2.45, 2.75) is 45.1 Å². The first-order chi connectivity index (χ1) is 20.8. The highest BCUT2D eigenvalue weighted by atomic mass is 32.1. The lowest BCUT2D eigenvalue weighted by Crippen LogP contribution is -2.58. The molecule has 1 saturated carbocycles. The van der Waals surface area contributed by atoms with Gasteiger partial charge in [-0.05, 0) is 73.9 Å². The maximum Gasteiger partial charge on any atom is 0.225 e. The number of halogens is 1. The second-order valence-corrected chi connectivity index (χ2v) is 13.2. The first-order valence-corrected chi connectivity index (χ1v) is 15.7. The van der Waals surface area contributed by atoms with E-state index in [1.54, 1.807) is 17.0 Å². The fourth-order valence-electron chi connectivity index (χ4n) is 7.00. The Morgan fingerprint density at radius 2 is 1.93 bits per heavy atom. The molecule has 1 aromatic carbocycles. The van der Waals surface area contributed by atoms with Crippen LogP contribution in [-0.4, -0.2) is 69.8 Å². The summed E-state index contributed by atoms with van der Waals surface area (Å²) in [7, 11) is 1.96. The predicted octanol–water partition coefficient (Wildman–Crippen LogP) is 5.00. The number of carbonyl (C=O) groups is 1.